The van der Waals surface area contributed by atoms with Crippen LogP contribution in [-0.2, 0) is 11.3 Å². The monoisotopic (exact) mass is 331 g/mol. The minimum atomic E-state index is -0.394. The van der Waals surface area contributed by atoms with E-state index in [1.54, 1.807) is 6.92 Å². The van der Waals surface area contributed by atoms with E-state index in [0.29, 0.717) is 0 Å². The molecule has 1 aromatic rings. The van der Waals surface area contributed by atoms with Gasteiger partial charge in [-0.05, 0) is 62.7 Å². The number of nitrogens with zero attached hydrogens (tertiary/aromatic N) is 3. The molecule has 0 aliphatic carbocycles. The van der Waals surface area contributed by atoms with Crippen LogP contribution in [0, 0.1) is 12.3 Å². The molecule has 5 heteroatoms. The fourth-order valence-corrected chi connectivity index (χ4v) is 4.60. The molecule has 2 fully saturated rings. The molecule has 24 heavy (non-hydrogen) atoms. The number of hydrogen-bond acceptors (Lipinski definition) is 4. The molecule has 2 saturated heterocycles. The Morgan fingerprint density at radius 2 is 2.04 bits per heavy atom. The Labute approximate surface area is 144 Å². The average molecular weight is 331 g/mol. The summed E-state index contributed by atoms with van der Waals surface area (Å²) in [6, 6.07) is 2.20. The van der Waals surface area contributed by atoms with Gasteiger partial charge in [0.05, 0.1) is 12.1 Å². The number of aryl methyl sites for hydroxylation is 1. The largest absolute Gasteiger partial charge is 0.394 e. The van der Waals surface area contributed by atoms with Crippen LogP contribution in [0.5, 0.6) is 0 Å². The molecule has 1 aromatic heterocycles. The third-order valence-electron chi connectivity index (χ3n) is 5.88. The van der Waals surface area contributed by atoms with Crippen LogP contribution in [0.25, 0.3) is 0 Å². The van der Waals surface area contributed by atoms with E-state index in [2.05, 4.69) is 22.9 Å². The van der Waals surface area contributed by atoms with E-state index in [4.69, 9.17) is 0 Å². The molecule has 0 saturated carbocycles. The summed E-state index contributed by atoms with van der Waals surface area (Å²) in [5.74, 6) is 0.0803. The molecule has 5 nitrogen and oxygen atoms in total. The molecule has 1 N–H and O–H groups in total. The molecule has 1 unspecified atom stereocenters. The summed E-state index contributed by atoms with van der Waals surface area (Å²) in [4.78, 5) is 20.6. The molecule has 1 atom stereocenters. The zero-order chi connectivity index (χ0) is 17.4. The Bertz CT molecular complexity index is 610. The number of hydrogen-bond donors (Lipinski definition) is 1. The first-order chi connectivity index (χ1) is 11.4. The van der Waals surface area contributed by atoms with Gasteiger partial charge >= 0.3 is 0 Å². The van der Waals surface area contributed by atoms with Crippen molar-refractivity contribution in [3.8, 4) is 0 Å². The van der Waals surface area contributed by atoms with Crippen molar-refractivity contribution < 1.29 is 9.90 Å². The van der Waals surface area contributed by atoms with Crippen LogP contribution in [0.3, 0.4) is 0 Å². The molecule has 3 heterocycles. The molecule has 2 aliphatic rings. The van der Waals surface area contributed by atoms with E-state index < -0.39 is 5.54 Å². The first kappa shape index (κ1) is 17.4. The number of rotatable bonds is 3. The Balaban J connectivity index is 1.63. The number of aliphatic hydroxyl groups excluding tert-OH is 1. The third-order valence-corrected chi connectivity index (χ3v) is 5.88. The van der Waals surface area contributed by atoms with Gasteiger partial charge < -0.3 is 10.0 Å². The molecule has 0 radical (unpaired) electrons. The van der Waals surface area contributed by atoms with Crippen LogP contribution in [-0.4, -0.2) is 57.6 Å². The van der Waals surface area contributed by atoms with Crippen LogP contribution in [0.4, 0.5) is 0 Å². The smallest absolute Gasteiger partial charge is 0.219 e. The van der Waals surface area contributed by atoms with Crippen LogP contribution < -0.4 is 0 Å². The zero-order valence-corrected chi connectivity index (χ0v) is 15.1. The quantitative estimate of drug-likeness (QED) is 0.920. The van der Waals surface area contributed by atoms with Gasteiger partial charge in [0, 0.05) is 32.4 Å². The van der Waals surface area contributed by atoms with Crippen molar-refractivity contribution in [2.75, 3.05) is 26.2 Å². The van der Waals surface area contributed by atoms with Crippen molar-refractivity contribution in [3.05, 3.63) is 29.6 Å². The van der Waals surface area contributed by atoms with Gasteiger partial charge in [0.1, 0.15) is 0 Å². The van der Waals surface area contributed by atoms with Crippen molar-refractivity contribution >= 4 is 5.91 Å². The van der Waals surface area contributed by atoms with Gasteiger partial charge in [-0.25, -0.2) is 0 Å². The average Bonchev–Trinajstić information content (AvgIpc) is 2.84. The number of carbonyl (C=O) groups excluding carboxylic acids is 1. The van der Waals surface area contributed by atoms with Crippen molar-refractivity contribution in [1.29, 1.82) is 0 Å². The van der Waals surface area contributed by atoms with Crippen molar-refractivity contribution in [2.45, 2.75) is 52.1 Å². The van der Waals surface area contributed by atoms with Gasteiger partial charge in [-0.2, -0.15) is 0 Å². The second kappa shape index (κ2) is 6.45. The highest BCUT2D eigenvalue weighted by molar-refractivity contribution is 5.74. The predicted molar refractivity (Wildman–Crippen MR) is 93.4 cm³/mol. The normalized spacial score (nSPS) is 26.9. The number of amides is 1. The number of piperidine rings is 1. The van der Waals surface area contributed by atoms with E-state index >= 15 is 0 Å². The summed E-state index contributed by atoms with van der Waals surface area (Å²) < 4.78 is 0. The highest BCUT2D eigenvalue weighted by Gasteiger charge is 2.52. The van der Waals surface area contributed by atoms with Gasteiger partial charge in [0.25, 0.3) is 0 Å². The van der Waals surface area contributed by atoms with E-state index in [9.17, 15) is 9.90 Å². The van der Waals surface area contributed by atoms with Crippen LogP contribution >= 0.6 is 0 Å². The first-order valence-corrected chi connectivity index (χ1v) is 8.88. The molecular formula is C19H29N3O2. The van der Waals surface area contributed by atoms with E-state index in [1.165, 1.54) is 11.1 Å². The molecule has 3 rings (SSSR count). The molecule has 1 spiro atoms. The summed E-state index contributed by atoms with van der Waals surface area (Å²) in [5.41, 5.74) is 2.24. The van der Waals surface area contributed by atoms with Gasteiger partial charge in [-0.1, -0.05) is 6.07 Å². The SMILES string of the molecule is CC(=O)N1CC2(CCN(Cc3cncc(C)c3)CC2)CC1(C)CO. The Morgan fingerprint density at radius 1 is 1.33 bits per heavy atom. The summed E-state index contributed by atoms with van der Waals surface area (Å²) in [5, 5.41) is 9.82. The van der Waals surface area contributed by atoms with Crippen molar-refractivity contribution in [3.63, 3.8) is 0 Å². The lowest BCUT2D eigenvalue weighted by Crippen LogP contribution is -2.46. The Hall–Kier alpha value is -1.46. The maximum absolute atomic E-state index is 12.0. The Morgan fingerprint density at radius 3 is 2.58 bits per heavy atom. The maximum Gasteiger partial charge on any atom is 0.219 e. The molecular weight excluding hydrogens is 302 g/mol. The standard InChI is InChI=1S/C19H29N3O2/c1-15-8-17(10-20-9-15)11-21-6-4-19(5-7-21)12-18(3,14-23)22(13-19)16(2)24/h8-10,23H,4-7,11-14H2,1-3H3. The summed E-state index contributed by atoms with van der Waals surface area (Å²) in [6.07, 6.45) is 6.93. The Kier molecular flexibility index (Phi) is 4.67. The van der Waals surface area contributed by atoms with Gasteiger partial charge in [0.2, 0.25) is 5.91 Å². The number of aromatic nitrogens is 1. The van der Waals surface area contributed by atoms with Gasteiger partial charge in [0.15, 0.2) is 0 Å². The fourth-order valence-electron chi connectivity index (χ4n) is 4.60. The second-order valence-electron chi connectivity index (χ2n) is 8.08. The maximum atomic E-state index is 12.0. The van der Waals surface area contributed by atoms with Gasteiger partial charge in [-0.15, -0.1) is 0 Å². The first-order valence-electron chi connectivity index (χ1n) is 8.88. The highest BCUT2D eigenvalue weighted by Crippen LogP contribution is 2.48. The van der Waals surface area contributed by atoms with E-state index in [-0.39, 0.29) is 17.9 Å². The summed E-state index contributed by atoms with van der Waals surface area (Å²) in [7, 11) is 0. The highest BCUT2D eigenvalue weighted by atomic mass is 16.3. The lowest BCUT2D eigenvalue weighted by Gasteiger charge is -2.39. The molecule has 1 amide bonds. The third kappa shape index (κ3) is 3.33. The predicted octanol–water partition coefficient (Wildman–Crippen LogP) is 1.98. The lowest BCUT2D eigenvalue weighted by atomic mass is 9.74. The zero-order valence-electron chi connectivity index (χ0n) is 15.1. The molecule has 0 bridgehead atoms. The molecule has 2 aliphatic heterocycles. The van der Waals surface area contributed by atoms with Crippen LogP contribution in [0.1, 0.15) is 44.2 Å². The van der Waals surface area contributed by atoms with Crippen molar-refractivity contribution in [1.82, 2.24) is 14.8 Å². The number of pyridine rings is 1. The minimum Gasteiger partial charge on any atom is -0.394 e. The summed E-state index contributed by atoms with van der Waals surface area (Å²) in [6.45, 7) is 9.58. The molecule has 0 aromatic carbocycles. The van der Waals surface area contributed by atoms with E-state index in [0.717, 1.165) is 45.4 Å². The van der Waals surface area contributed by atoms with E-state index in [1.807, 2.05) is 24.2 Å². The topological polar surface area (TPSA) is 56.7 Å². The summed E-state index contributed by atoms with van der Waals surface area (Å²) >= 11 is 0. The van der Waals surface area contributed by atoms with Crippen molar-refractivity contribution in [2.24, 2.45) is 5.41 Å². The fraction of sp³-hybridized carbons (Fsp3) is 0.684. The second-order valence-corrected chi connectivity index (χ2v) is 8.08. The minimum absolute atomic E-state index is 0.0486. The number of likely N-dealkylation sites (tertiary alicyclic amines) is 2. The number of carbonyl (C=O) groups is 1. The molecule has 132 valence electrons. The lowest BCUT2D eigenvalue weighted by molar-refractivity contribution is -0.134. The number of aliphatic hydroxyl groups is 1. The van der Waals surface area contributed by atoms with Crippen LogP contribution in [0.15, 0.2) is 18.5 Å². The van der Waals surface area contributed by atoms with Gasteiger partial charge in [-0.3, -0.25) is 14.7 Å². The van der Waals surface area contributed by atoms with Crippen LogP contribution in [0.2, 0.25) is 0 Å².